The van der Waals surface area contributed by atoms with Crippen molar-refractivity contribution in [1.29, 1.82) is 0 Å². The number of nitrogens with zero attached hydrogens (tertiary/aromatic N) is 3. The molecular formula is C30H37ClN4O2. The van der Waals surface area contributed by atoms with Crippen LogP contribution in [0, 0.1) is 5.92 Å². The first-order valence-corrected chi connectivity index (χ1v) is 13.9. The molecule has 1 amide bonds. The first-order chi connectivity index (χ1) is 17.7. The Bertz CT molecular complexity index is 1350. The van der Waals surface area contributed by atoms with E-state index in [2.05, 4.69) is 16.3 Å². The summed E-state index contributed by atoms with van der Waals surface area (Å²) in [4.78, 5) is 34.2. The predicted octanol–water partition coefficient (Wildman–Crippen LogP) is 5.61. The lowest BCUT2D eigenvalue weighted by atomic mass is 9.71. The van der Waals surface area contributed by atoms with Crippen molar-refractivity contribution in [3.05, 3.63) is 63.4 Å². The Hall–Kier alpha value is -2.70. The van der Waals surface area contributed by atoms with Gasteiger partial charge in [0.15, 0.2) is 0 Å². The minimum absolute atomic E-state index is 0.105. The van der Waals surface area contributed by atoms with E-state index >= 15 is 0 Å². The average molecular weight is 521 g/mol. The highest BCUT2D eigenvalue weighted by Gasteiger charge is 2.32. The van der Waals surface area contributed by atoms with Crippen molar-refractivity contribution >= 4 is 28.4 Å². The van der Waals surface area contributed by atoms with Gasteiger partial charge in [-0.3, -0.25) is 14.2 Å². The second kappa shape index (κ2) is 10.6. The molecule has 1 saturated carbocycles. The standard InChI is InChI=1S/C30H37ClN4O2/c1-30(2,3)33-27(36)19-35-28(22-8-7-9-24(31)16-22)32-26-11-10-21(17-25(26)29(35)37)23-14-20(15-23)18-34-12-5-4-6-13-34/h7-11,16-17,20,23H,4-6,12-15,18-19H2,1-3H3,(H,33,36). The number of rotatable bonds is 6. The number of carbonyl (C=O) groups excluding carboxylic acids is 1. The van der Waals surface area contributed by atoms with Crippen LogP contribution in [-0.4, -0.2) is 45.5 Å². The van der Waals surface area contributed by atoms with Crippen LogP contribution in [0.15, 0.2) is 47.3 Å². The van der Waals surface area contributed by atoms with Crippen LogP contribution >= 0.6 is 11.6 Å². The van der Waals surface area contributed by atoms with Crippen LogP contribution in [0.1, 0.15) is 64.4 Å². The molecule has 2 aromatic carbocycles. The lowest BCUT2D eigenvalue weighted by Crippen LogP contribution is -2.43. The van der Waals surface area contributed by atoms with Crippen molar-refractivity contribution in [1.82, 2.24) is 19.8 Å². The van der Waals surface area contributed by atoms with Gasteiger partial charge in [-0.1, -0.05) is 36.2 Å². The van der Waals surface area contributed by atoms with Gasteiger partial charge < -0.3 is 10.2 Å². The summed E-state index contributed by atoms with van der Waals surface area (Å²) in [7, 11) is 0. The Morgan fingerprint density at radius 2 is 1.84 bits per heavy atom. The Labute approximate surface area is 224 Å². The minimum Gasteiger partial charge on any atom is -0.350 e. The van der Waals surface area contributed by atoms with E-state index in [-0.39, 0.29) is 18.0 Å². The van der Waals surface area contributed by atoms with Gasteiger partial charge in [0.1, 0.15) is 12.4 Å². The van der Waals surface area contributed by atoms with E-state index in [1.807, 2.05) is 45.0 Å². The first kappa shape index (κ1) is 25.9. The Morgan fingerprint density at radius 3 is 2.54 bits per heavy atom. The summed E-state index contributed by atoms with van der Waals surface area (Å²) in [6, 6.07) is 13.3. The third-order valence-electron chi connectivity index (χ3n) is 7.55. The second-order valence-electron chi connectivity index (χ2n) is 11.8. The number of benzene rings is 2. The van der Waals surface area contributed by atoms with Crippen LogP contribution in [0.3, 0.4) is 0 Å². The molecule has 37 heavy (non-hydrogen) atoms. The molecule has 1 N–H and O–H groups in total. The highest BCUT2D eigenvalue weighted by molar-refractivity contribution is 6.30. The molecule has 5 rings (SSSR count). The van der Waals surface area contributed by atoms with Crippen molar-refractivity contribution in [3.63, 3.8) is 0 Å². The highest BCUT2D eigenvalue weighted by atomic mass is 35.5. The zero-order chi connectivity index (χ0) is 26.2. The lowest BCUT2D eigenvalue weighted by Gasteiger charge is -2.40. The zero-order valence-corrected chi connectivity index (χ0v) is 22.9. The van der Waals surface area contributed by atoms with Crippen molar-refractivity contribution in [2.75, 3.05) is 19.6 Å². The number of halogens is 1. The van der Waals surface area contributed by atoms with Crippen molar-refractivity contribution < 1.29 is 4.79 Å². The molecule has 0 radical (unpaired) electrons. The topological polar surface area (TPSA) is 67.2 Å². The summed E-state index contributed by atoms with van der Waals surface area (Å²) in [6.07, 6.45) is 6.34. The molecule has 0 atom stereocenters. The van der Waals surface area contributed by atoms with Crippen LogP contribution in [0.5, 0.6) is 0 Å². The van der Waals surface area contributed by atoms with E-state index in [0.717, 1.165) is 18.8 Å². The molecule has 7 heteroatoms. The summed E-state index contributed by atoms with van der Waals surface area (Å²) in [5.74, 6) is 1.43. The molecular weight excluding hydrogens is 484 g/mol. The molecule has 3 aromatic rings. The van der Waals surface area contributed by atoms with E-state index in [1.165, 1.54) is 49.0 Å². The van der Waals surface area contributed by atoms with E-state index in [9.17, 15) is 9.59 Å². The fourth-order valence-electron chi connectivity index (χ4n) is 5.75. The van der Waals surface area contributed by atoms with Gasteiger partial charge in [-0.2, -0.15) is 0 Å². The molecule has 2 heterocycles. The van der Waals surface area contributed by atoms with Gasteiger partial charge in [0.2, 0.25) is 5.91 Å². The number of piperidine rings is 1. The fraction of sp³-hybridized carbons (Fsp3) is 0.500. The summed E-state index contributed by atoms with van der Waals surface area (Å²) in [5.41, 5.74) is 1.94. The summed E-state index contributed by atoms with van der Waals surface area (Å²) >= 11 is 6.25. The molecule has 2 aliphatic rings. The maximum atomic E-state index is 13.8. The van der Waals surface area contributed by atoms with E-state index in [4.69, 9.17) is 16.6 Å². The number of likely N-dealkylation sites (tertiary alicyclic amines) is 1. The van der Waals surface area contributed by atoms with Gasteiger partial charge in [-0.25, -0.2) is 4.98 Å². The average Bonchev–Trinajstić information content (AvgIpc) is 2.82. The van der Waals surface area contributed by atoms with Crippen LogP contribution < -0.4 is 10.9 Å². The summed E-state index contributed by atoms with van der Waals surface area (Å²) in [5, 5.41) is 4.08. The molecule has 2 fully saturated rings. The molecule has 1 aromatic heterocycles. The van der Waals surface area contributed by atoms with Crippen molar-refractivity contribution in [2.24, 2.45) is 5.92 Å². The zero-order valence-electron chi connectivity index (χ0n) is 22.1. The van der Waals surface area contributed by atoms with Crippen molar-refractivity contribution in [2.45, 2.75) is 70.9 Å². The quantitative estimate of drug-likeness (QED) is 0.458. The highest BCUT2D eigenvalue weighted by Crippen LogP contribution is 2.42. The monoisotopic (exact) mass is 520 g/mol. The number of carbonyl (C=O) groups is 1. The van der Waals surface area contributed by atoms with E-state index in [0.29, 0.717) is 33.2 Å². The molecule has 1 aliphatic carbocycles. The van der Waals surface area contributed by atoms with Gasteiger partial charge in [-0.15, -0.1) is 0 Å². The lowest BCUT2D eigenvalue weighted by molar-refractivity contribution is -0.123. The Kier molecular flexibility index (Phi) is 7.42. The predicted molar refractivity (Wildman–Crippen MR) is 150 cm³/mol. The van der Waals surface area contributed by atoms with Gasteiger partial charge >= 0.3 is 0 Å². The van der Waals surface area contributed by atoms with Gasteiger partial charge in [0.05, 0.1) is 10.9 Å². The first-order valence-electron chi connectivity index (χ1n) is 13.5. The van der Waals surface area contributed by atoms with E-state index in [1.54, 1.807) is 12.1 Å². The fourth-order valence-corrected chi connectivity index (χ4v) is 5.94. The third-order valence-corrected chi connectivity index (χ3v) is 7.78. The maximum absolute atomic E-state index is 13.8. The molecule has 1 aliphatic heterocycles. The molecule has 0 bridgehead atoms. The molecule has 196 valence electrons. The molecule has 1 saturated heterocycles. The van der Waals surface area contributed by atoms with Crippen molar-refractivity contribution in [3.8, 4) is 11.4 Å². The number of fused-ring (bicyclic) bond motifs is 1. The minimum atomic E-state index is -0.399. The van der Waals surface area contributed by atoms with Gasteiger partial charge in [-0.05, 0) is 101 Å². The Morgan fingerprint density at radius 1 is 1.08 bits per heavy atom. The maximum Gasteiger partial charge on any atom is 0.262 e. The largest absolute Gasteiger partial charge is 0.350 e. The number of amides is 1. The molecule has 6 nitrogen and oxygen atoms in total. The van der Waals surface area contributed by atoms with Crippen LogP contribution in [0.25, 0.3) is 22.3 Å². The van der Waals surface area contributed by atoms with Gasteiger partial charge in [0.25, 0.3) is 5.56 Å². The number of hydrogen-bond acceptors (Lipinski definition) is 4. The summed E-state index contributed by atoms with van der Waals surface area (Å²) in [6.45, 7) is 9.34. The smallest absolute Gasteiger partial charge is 0.262 e. The van der Waals surface area contributed by atoms with Crippen LogP contribution in [0.2, 0.25) is 5.02 Å². The van der Waals surface area contributed by atoms with Crippen LogP contribution in [0.4, 0.5) is 0 Å². The number of hydrogen-bond donors (Lipinski definition) is 1. The SMILES string of the molecule is CC(C)(C)NC(=O)Cn1c(-c2cccc(Cl)c2)nc2ccc(C3CC(CN4CCCCC4)C3)cc2c1=O. The third kappa shape index (κ3) is 6.07. The van der Waals surface area contributed by atoms with E-state index < -0.39 is 5.54 Å². The number of aromatic nitrogens is 2. The van der Waals surface area contributed by atoms with Crippen LogP contribution in [-0.2, 0) is 11.3 Å². The normalized spacial score (nSPS) is 20.5. The second-order valence-corrected chi connectivity index (χ2v) is 12.2. The Balaban J connectivity index is 1.44. The molecule has 0 unspecified atom stereocenters. The summed E-state index contributed by atoms with van der Waals surface area (Å²) < 4.78 is 1.48. The van der Waals surface area contributed by atoms with Gasteiger partial charge in [0, 0.05) is 22.7 Å². The molecule has 0 spiro atoms. The number of nitrogens with one attached hydrogen (secondary N) is 1.